The summed E-state index contributed by atoms with van der Waals surface area (Å²) in [6.45, 7) is -0.281. The third-order valence-corrected chi connectivity index (χ3v) is 3.89. The van der Waals surface area contributed by atoms with Crippen LogP contribution >= 0.6 is 0 Å². The maximum absolute atomic E-state index is 12.3. The van der Waals surface area contributed by atoms with E-state index in [1.165, 1.54) is 43.5 Å². The van der Waals surface area contributed by atoms with Crippen molar-refractivity contribution in [2.45, 2.75) is 6.54 Å². The van der Waals surface area contributed by atoms with Gasteiger partial charge in [0.05, 0.1) is 17.7 Å². The smallest absolute Gasteiger partial charge is 0.269 e. The number of hydrogen-bond acceptors (Lipinski definition) is 6. The van der Waals surface area contributed by atoms with Gasteiger partial charge in [-0.05, 0) is 30.3 Å². The van der Waals surface area contributed by atoms with Gasteiger partial charge in [-0.15, -0.1) is 0 Å². The van der Waals surface area contributed by atoms with E-state index in [1.54, 1.807) is 24.3 Å². The number of benzene rings is 2. The minimum Gasteiger partial charge on any atom is -0.497 e. The van der Waals surface area contributed by atoms with Crippen LogP contribution in [0.2, 0.25) is 0 Å². The van der Waals surface area contributed by atoms with Crippen molar-refractivity contribution in [3.63, 3.8) is 0 Å². The average molecular weight is 380 g/mol. The van der Waals surface area contributed by atoms with Crippen molar-refractivity contribution in [1.29, 1.82) is 0 Å². The first kappa shape index (κ1) is 18.8. The molecular formula is C19H16N4O5. The van der Waals surface area contributed by atoms with E-state index in [0.29, 0.717) is 22.7 Å². The second-order valence-electron chi connectivity index (χ2n) is 5.80. The van der Waals surface area contributed by atoms with E-state index in [1.807, 2.05) is 0 Å². The number of hydrogen-bond donors (Lipinski definition) is 1. The van der Waals surface area contributed by atoms with Crippen molar-refractivity contribution in [3.05, 3.63) is 81.1 Å². The fraction of sp³-hybridized carbons (Fsp3) is 0.105. The zero-order valence-corrected chi connectivity index (χ0v) is 14.9. The highest BCUT2D eigenvalue weighted by atomic mass is 16.6. The standard InChI is InChI=1S/C19H16N4O5/c1-28-16-4-2-3-14(11-16)20-18(24)12-22-19(25)10-9-17(21-22)13-5-7-15(8-6-13)23(26)27/h2-11H,12H2,1H3,(H,20,24). The molecule has 9 heteroatoms. The van der Waals surface area contributed by atoms with Crippen LogP contribution in [-0.2, 0) is 11.3 Å². The molecule has 0 aliphatic rings. The number of ether oxygens (including phenoxy) is 1. The molecule has 0 bridgehead atoms. The molecule has 3 rings (SSSR count). The number of non-ortho nitro benzene ring substituents is 1. The summed E-state index contributed by atoms with van der Waals surface area (Å²) in [6, 6.07) is 15.4. The van der Waals surface area contributed by atoms with Gasteiger partial charge in [-0.25, -0.2) is 4.68 Å². The van der Waals surface area contributed by atoms with Crippen LogP contribution in [0.15, 0.2) is 65.5 Å². The van der Waals surface area contributed by atoms with E-state index < -0.39 is 16.4 Å². The molecule has 0 atom stereocenters. The van der Waals surface area contributed by atoms with Gasteiger partial charge >= 0.3 is 0 Å². The monoisotopic (exact) mass is 380 g/mol. The second kappa shape index (κ2) is 8.12. The summed E-state index contributed by atoms with van der Waals surface area (Å²) in [5.41, 5.74) is 1.06. The van der Waals surface area contributed by atoms with Crippen molar-refractivity contribution < 1.29 is 14.5 Å². The van der Waals surface area contributed by atoms with Gasteiger partial charge in [-0.2, -0.15) is 5.10 Å². The van der Waals surface area contributed by atoms with Gasteiger partial charge in [0, 0.05) is 35.5 Å². The Morgan fingerprint density at radius 3 is 2.61 bits per heavy atom. The van der Waals surface area contributed by atoms with Crippen LogP contribution < -0.4 is 15.6 Å². The van der Waals surface area contributed by atoms with Gasteiger partial charge < -0.3 is 10.1 Å². The molecule has 0 spiro atoms. The molecule has 28 heavy (non-hydrogen) atoms. The lowest BCUT2D eigenvalue weighted by atomic mass is 10.1. The molecule has 1 heterocycles. The zero-order valence-electron chi connectivity index (χ0n) is 14.9. The van der Waals surface area contributed by atoms with E-state index in [2.05, 4.69) is 10.4 Å². The van der Waals surface area contributed by atoms with Crippen LogP contribution in [0.3, 0.4) is 0 Å². The van der Waals surface area contributed by atoms with Gasteiger partial charge in [-0.1, -0.05) is 6.07 Å². The Balaban J connectivity index is 1.78. The van der Waals surface area contributed by atoms with Crippen molar-refractivity contribution in [3.8, 4) is 17.0 Å². The highest BCUT2D eigenvalue weighted by Crippen LogP contribution is 2.20. The quantitative estimate of drug-likeness (QED) is 0.519. The molecule has 0 aliphatic heterocycles. The molecule has 142 valence electrons. The largest absolute Gasteiger partial charge is 0.497 e. The molecule has 0 aliphatic carbocycles. The number of nitrogens with one attached hydrogen (secondary N) is 1. The summed E-state index contributed by atoms with van der Waals surface area (Å²) >= 11 is 0. The molecule has 2 aromatic carbocycles. The van der Waals surface area contributed by atoms with Crippen LogP contribution in [0.1, 0.15) is 0 Å². The first-order chi connectivity index (χ1) is 13.5. The van der Waals surface area contributed by atoms with Crippen LogP contribution in [-0.4, -0.2) is 27.7 Å². The molecule has 0 unspecified atom stereocenters. The first-order valence-electron chi connectivity index (χ1n) is 8.23. The highest BCUT2D eigenvalue weighted by molar-refractivity contribution is 5.90. The van der Waals surface area contributed by atoms with Crippen LogP contribution in [0.5, 0.6) is 5.75 Å². The van der Waals surface area contributed by atoms with Crippen molar-refractivity contribution in [2.24, 2.45) is 0 Å². The van der Waals surface area contributed by atoms with Crippen molar-refractivity contribution >= 4 is 17.3 Å². The number of amides is 1. The summed E-state index contributed by atoms with van der Waals surface area (Å²) in [5.74, 6) is 0.164. The molecule has 3 aromatic rings. The Labute approximate surface area is 159 Å². The minimum atomic E-state index is -0.499. The first-order valence-corrected chi connectivity index (χ1v) is 8.23. The van der Waals surface area contributed by atoms with E-state index in [-0.39, 0.29) is 12.2 Å². The maximum atomic E-state index is 12.3. The second-order valence-corrected chi connectivity index (χ2v) is 5.80. The number of methoxy groups -OCH3 is 1. The lowest BCUT2D eigenvalue weighted by Gasteiger charge is -2.09. The number of nitro groups is 1. The number of carbonyl (C=O) groups excluding carboxylic acids is 1. The van der Waals surface area contributed by atoms with E-state index in [9.17, 15) is 19.7 Å². The molecule has 1 aromatic heterocycles. The number of nitro benzene ring substituents is 1. The van der Waals surface area contributed by atoms with Gasteiger partial charge in [0.1, 0.15) is 12.3 Å². The predicted octanol–water partition coefficient (Wildman–Crippen LogP) is 2.47. The SMILES string of the molecule is COc1cccc(NC(=O)Cn2nc(-c3ccc([N+](=O)[O-])cc3)ccc2=O)c1. The lowest BCUT2D eigenvalue weighted by Crippen LogP contribution is -2.29. The van der Waals surface area contributed by atoms with Crippen LogP contribution in [0.25, 0.3) is 11.3 Å². The Kier molecular flexibility index (Phi) is 5.45. The van der Waals surface area contributed by atoms with Crippen LogP contribution in [0, 0.1) is 10.1 Å². The molecule has 9 nitrogen and oxygen atoms in total. The Bertz CT molecular complexity index is 1080. The van der Waals surface area contributed by atoms with Gasteiger partial charge in [0.25, 0.3) is 11.2 Å². The Morgan fingerprint density at radius 2 is 1.93 bits per heavy atom. The number of carbonyl (C=O) groups is 1. The predicted molar refractivity (Wildman–Crippen MR) is 102 cm³/mol. The molecular weight excluding hydrogens is 364 g/mol. The number of nitrogens with zero attached hydrogens (tertiary/aromatic N) is 3. The number of aromatic nitrogens is 2. The molecule has 0 saturated carbocycles. The summed E-state index contributed by atoms with van der Waals surface area (Å²) in [5, 5.41) is 17.6. The Hall–Kier alpha value is -4.01. The molecule has 0 fully saturated rings. The molecule has 1 N–H and O–H groups in total. The van der Waals surface area contributed by atoms with Crippen molar-refractivity contribution in [1.82, 2.24) is 9.78 Å². The Morgan fingerprint density at radius 1 is 1.18 bits per heavy atom. The maximum Gasteiger partial charge on any atom is 0.269 e. The minimum absolute atomic E-state index is 0.0465. The van der Waals surface area contributed by atoms with Crippen LogP contribution in [0.4, 0.5) is 11.4 Å². The fourth-order valence-corrected chi connectivity index (χ4v) is 2.51. The van der Waals surface area contributed by atoms with E-state index in [4.69, 9.17) is 4.74 Å². The third kappa shape index (κ3) is 4.39. The summed E-state index contributed by atoms with van der Waals surface area (Å²) in [4.78, 5) is 34.6. The number of anilines is 1. The van der Waals surface area contributed by atoms with Crippen molar-refractivity contribution in [2.75, 3.05) is 12.4 Å². The molecule has 0 radical (unpaired) electrons. The average Bonchev–Trinajstić information content (AvgIpc) is 2.70. The summed E-state index contributed by atoms with van der Waals surface area (Å²) < 4.78 is 6.13. The highest BCUT2D eigenvalue weighted by Gasteiger charge is 2.10. The normalized spacial score (nSPS) is 10.3. The number of rotatable bonds is 6. The summed E-state index contributed by atoms with van der Waals surface area (Å²) in [7, 11) is 1.52. The lowest BCUT2D eigenvalue weighted by molar-refractivity contribution is -0.384. The van der Waals surface area contributed by atoms with E-state index in [0.717, 1.165) is 4.68 Å². The topological polar surface area (TPSA) is 116 Å². The van der Waals surface area contributed by atoms with E-state index >= 15 is 0 Å². The molecule has 0 saturated heterocycles. The third-order valence-electron chi connectivity index (χ3n) is 3.89. The van der Waals surface area contributed by atoms with Gasteiger partial charge in [0.2, 0.25) is 5.91 Å². The van der Waals surface area contributed by atoms with Gasteiger partial charge in [-0.3, -0.25) is 19.7 Å². The fourth-order valence-electron chi connectivity index (χ4n) is 2.51. The zero-order chi connectivity index (χ0) is 20.1. The summed E-state index contributed by atoms with van der Waals surface area (Å²) in [6.07, 6.45) is 0. The van der Waals surface area contributed by atoms with Gasteiger partial charge in [0.15, 0.2) is 0 Å². The molecule has 1 amide bonds.